The standard InChI is InChI=1S/C23H26N8O4/c1-16-19(9-17-7-5-4-6-8-17)23(32)35-21-11-18(33-14-30-12-24-26-28(30)2)10-20(22(16)21)34-15-31-13-25-27-29(31)3/h4-8,10-13,26-27H,9,14-15H2,1-3H3. The number of hydrogen-bond acceptors (Lipinski definition) is 12. The van der Waals surface area contributed by atoms with Crippen molar-refractivity contribution in [2.75, 3.05) is 27.6 Å². The molecule has 2 aliphatic rings. The Balaban J connectivity index is 1.51. The van der Waals surface area contributed by atoms with Gasteiger partial charge in [-0.05, 0) is 18.1 Å². The van der Waals surface area contributed by atoms with Crippen LogP contribution in [-0.4, -0.2) is 60.5 Å². The van der Waals surface area contributed by atoms with Crippen molar-refractivity contribution in [2.24, 2.45) is 10.2 Å². The molecular formula is C23H26N8O4. The van der Waals surface area contributed by atoms with Crippen LogP contribution in [0.4, 0.5) is 0 Å². The Kier molecular flexibility index (Phi) is 6.12. The van der Waals surface area contributed by atoms with E-state index in [9.17, 15) is 4.79 Å². The van der Waals surface area contributed by atoms with Gasteiger partial charge in [0.1, 0.15) is 29.8 Å². The molecule has 0 aliphatic carbocycles. The third-order valence-electron chi connectivity index (χ3n) is 5.81. The average molecular weight is 479 g/mol. The first-order valence-corrected chi connectivity index (χ1v) is 11.0. The minimum absolute atomic E-state index is 0.184. The third-order valence-corrected chi connectivity index (χ3v) is 5.81. The monoisotopic (exact) mass is 478 g/mol. The third kappa shape index (κ3) is 4.69. The van der Waals surface area contributed by atoms with Crippen LogP contribution in [0.3, 0.4) is 0 Å². The topological polar surface area (TPSA) is 110 Å². The van der Waals surface area contributed by atoms with Crippen LogP contribution in [0.1, 0.15) is 16.7 Å². The number of ether oxygens (including phenoxy) is 2. The number of nitrogens with one attached hydrogen (secondary N) is 2. The molecule has 1 aromatic heterocycles. The molecule has 12 heteroatoms. The molecule has 0 bridgehead atoms. The van der Waals surface area contributed by atoms with Crippen molar-refractivity contribution in [1.82, 2.24) is 31.3 Å². The number of hydrazine groups is 4. The van der Waals surface area contributed by atoms with E-state index in [0.29, 0.717) is 29.1 Å². The lowest BCUT2D eigenvalue weighted by Crippen LogP contribution is -2.41. The highest BCUT2D eigenvalue weighted by Gasteiger charge is 2.20. The Hall–Kier alpha value is -4.29. The molecule has 0 unspecified atom stereocenters. The summed E-state index contributed by atoms with van der Waals surface area (Å²) in [5.41, 5.74) is 8.00. The van der Waals surface area contributed by atoms with E-state index in [1.165, 1.54) is 0 Å². The Labute approximate surface area is 201 Å². The molecule has 0 atom stereocenters. The summed E-state index contributed by atoms with van der Waals surface area (Å²) in [6.45, 7) is 2.29. The first-order chi connectivity index (χ1) is 17.0. The number of benzene rings is 2. The highest BCUT2D eigenvalue weighted by molar-refractivity contribution is 5.89. The Morgan fingerprint density at radius 3 is 2.23 bits per heavy atom. The maximum absolute atomic E-state index is 13.0. The summed E-state index contributed by atoms with van der Waals surface area (Å²) in [7, 11) is 3.63. The van der Waals surface area contributed by atoms with Crippen molar-refractivity contribution in [2.45, 2.75) is 13.3 Å². The van der Waals surface area contributed by atoms with Gasteiger partial charge in [-0.15, -0.1) is 10.2 Å². The minimum Gasteiger partial charge on any atom is -0.471 e. The van der Waals surface area contributed by atoms with Crippen LogP contribution in [-0.2, 0) is 6.42 Å². The zero-order valence-corrected chi connectivity index (χ0v) is 19.6. The first kappa shape index (κ1) is 22.5. The molecular weight excluding hydrogens is 452 g/mol. The van der Waals surface area contributed by atoms with Crippen LogP contribution >= 0.6 is 0 Å². The van der Waals surface area contributed by atoms with Gasteiger partial charge in [0.05, 0.1) is 5.39 Å². The van der Waals surface area contributed by atoms with Gasteiger partial charge in [0, 0.05) is 38.2 Å². The van der Waals surface area contributed by atoms with Crippen molar-refractivity contribution < 1.29 is 13.9 Å². The lowest BCUT2D eigenvalue weighted by atomic mass is 9.99. The number of fused-ring (bicyclic) bond motifs is 1. The molecule has 0 saturated heterocycles. The summed E-state index contributed by atoms with van der Waals surface area (Å²) < 4.78 is 17.9. The van der Waals surface area contributed by atoms with Crippen LogP contribution < -0.4 is 26.2 Å². The molecule has 12 nitrogen and oxygen atoms in total. The van der Waals surface area contributed by atoms with E-state index < -0.39 is 0 Å². The molecule has 2 aromatic carbocycles. The van der Waals surface area contributed by atoms with Gasteiger partial charge < -0.3 is 13.9 Å². The van der Waals surface area contributed by atoms with E-state index in [2.05, 4.69) is 21.3 Å². The van der Waals surface area contributed by atoms with Gasteiger partial charge in [0.15, 0.2) is 13.5 Å². The van der Waals surface area contributed by atoms with Crippen molar-refractivity contribution in [3.05, 3.63) is 69.6 Å². The van der Waals surface area contributed by atoms with E-state index in [4.69, 9.17) is 13.9 Å². The Morgan fingerprint density at radius 1 is 0.943 bits per heavy atom. The largest absolute Gasteiger partial charge is 0.471 e. The number of rotatable bonds is 8. The average Bonchev–Trinajstić information content (AvgIpc) is 3.46. The minimum atomic E-state index is -0.381. The zero-order valence-electron chi connectivity index (χ0n) is 19.6. The van der Waals surface area contributed by atoms with Crippen molar-refractivity contribution >= 4 is 23.6 Å². The lowest BCUT2D eigenvalue weighted by molar-refractivity contribution is -0.00589. The molecule has 3 heterocycles. The van der Waals surface area contributed by atoms with Gasteiger partial charge >= 0.3 is 5.63 Å². The summed E-state index contributed by atoms with van der Waals surface area (Å²) in [5.74, 6) is 1.02. The number of hydrazone groups is 2. The van der Waals surface area contributed by atoms with Gasteiger partial charge in [-0.25, -0.2) is 25.9 Å². The van der Waals surface area contributed by atoms with Crippen molar-refractivity contribution in [3.63, 3.8) is 0 Å². The molecule has 182 valence electrons. The van der Waals surface area contributed by atoms with E-state index >= 15 is 0 Å². The fourth-order valence-electron chi connectivity index (χ4n) is 3.82. The summed E-state index contributed by atoms with van der Waals surface area (Å²) in [6, 6.07) is 13.3. The van der Waals surface area contributed by atoms with Gasteiger partial charge in [0.25, 0.3) is 0 Å². The van der Waals surface area contributed by atoms with Crippen molar-refractivity contribution in [1.29, 1.82) is 0 Å². The number of aryl methyl sites for hydroxylation is 1. The SMILES string of the molecule is Cc1c(Cc2ccccc2)c(=O)oc2cc(OCN3C=NNN3C)cc(OCN3C=NNN3C)c12. The molecule has 0 spiro atoms. The number of nitrogens with zero attached hydrogens (tertiary/aromatic N) is 6. The lowest BCUT2D eigenvalue weighted by Gasteiger charge is -2.24. The van der Waals surface area contributed by atoms with E-state index in [-0.39, 0.29) is 19.1 Å². The molecule has 5 rings (SSSR count). The smallest absolute Gasteiger partial charge is 0.340 e. The highest BCUT2D eigenvalue weighted by atomic mass is 16.5. The molecule has 3 aromatic rings. The van der Waals surface area contributed by atoms with Crippen LogP contribution in [0, 0.1) is 6.92 Å². The van der Waals surface area contributed by atoms with Gasteiger partial charge in [0.2, 0.25) is 0 Å². The Bertz CT molecular complexity index is 1330. The normalized spacial score (nSPS) is 15.6. The fraction of sp³-hybridized carbons (Fsp3) is 0.261. The van der Waals surface area contributed by atoms with Crippen LogP contribution in [0.15, 0.2) is 61.9 Å². The summed E-state index contributed by atoms with van der Waals surface area (Å²) in [6.07, 6.45) is 3.68. The van der Waals surface area contributed by atoms with E-state index in [1.807, 2.05) is 51.4 Å². The summed E-state index contributed by atoms with van der Waals surface area (Å²) >= 11 is 0. The van der Waals surface area contributed by atoms with Crippen LogP contribution in [0.2, 0.25) is 0 Å². The molecule has 0 radical (unpaired) electrons. The van der Waals surface area contributed by atoms with Gasteiger partial charge in [-0.2, -0.15) is 10.2 Å². The van der Waals surface area contributed by atoms with Gasteiger partial charge in [-0.3, -0.25) is 0 Å². The summed E-state index contributed by atoms with van der Waals surface area (Å²) in [5, 5.41) is 15.5. The maximum atomic E-state index is 13.0. The predicted octanol–water partition coefficient (Wildman–Crippen LogP) is 1.59. The molecule has 0 saturated carbocycles. The molecule has 2 N–H and O–H groups in total. The second kappa shape index (κ2) is 9.52. The van der Waals surface area contributed by atoms with Crippen LogP contribution in [0.5, 0.6) is 11.5 Å². The second-order valence-corrected chi connectivity index (χ2v) is 8.11. The number of hydrogen-bond donors (Lipinski definition) is 2. The van der Waals surface area contributed by atoms with E-state index in [1.54, 1.807) is 45.1 Å². The Morgan fingerprint density at radius 2 is 1.60 bits per heavy atom. The molecule has 35 heavy (non-hydrogen) atoms. The van der Waals surface area contributed by atoms with E-state index in [0.717, 1.165) is 16.5 Å². The van der Waals surface area contributed by atoms with Crippen molar-refractivity contribution in [3.8, 4) is 11.5 Å². The van der Waals surface area contributed by atoms with Crippen LogP contribution in [0.25, 0.3) is 11.0 Å². The first-order valence-electron chi connectivity index (χ1n) is 11.0. The maximum Gasteiger partial charge on any atom is 0.340 e. The molecule has 2 aliphatic heterocycles. The summed E-state index contributed by atoms with van der Waals surface area (Å²) in [4.78, 5) is 13.0. The molecule has 0 fully saturated rings. The second-order valence-electron chi connectivity index (χ2n) is 8.11. The predicted molar refractivity (Wildman–Crippen MR) is 130 cm³/mol. The fourth-order valence-corrected chi connectivity index (χ4v) is 3.82. The quantitative estimate of drug-likeness (QED) is 0.463. The zero-order chi connectivity index (χ0) is 24.4. The van der Waals surface area contributed by atoms with Gasteiger partial charge in [-0.1, -0.05) is 30.3 Å². The molecule has 0 amide bonds. The highest BCUT2D eigenvalue weighted by Crippen LogP contribution is 2.35.